The van der Waals surface area contributed by atoms with Crippen molar-refractivity contribution in [2.75, 3.05) is 6.61 Å². The molecule has 0 saturated heterocycles. The van der Waals surface area contributed by atoms with Crippen LogP contribution in [0.5, 0.6) is 0 Å². The average molecular weight is 272 g/mol. The van der Waals surface area contributed by atoms with Gasteiger partial charge in [0.05, 0.1) is 6.61 Å². The molecule has 0 unspecified atom stereocenters. The molecule has 0 fully saturated rings. The Balaban J connectivity index is 2.06. The standard InChI is InChI=1S/C8H8N4O3S2/c1-3-14-6(13)5-10-12-8(16-5)17-7-11-9-4(2)15-7/h3H2,1-2H3. The molecule has 7 nitrogen and oxygen atoms in total. The van der Waals surface area contributed by atoms with Crippen LogP contribution >= 0.6 is 23.1 Å². The molecular weight excluding hydrogens is 264 g/mol. The van der Waals surface area contributed by atoms with Crippen LogP contribution in [0.1, 0.15) is 22.6 Å². The highest BCUT2D eigenvalue weighted by Crippen LogP contribution is 2.29. The maximum atomic E-state index is 11.3. The number of aromatic nitrogens is 4. The van der Waals surface area contributed by atoms with Crippen molar-refractivity contribution in [3.63, 3.8) is 0 Å². The van der Waals surface area contributed by atoms with Crippen molar-refractivity contribution in [2.45, 2.75) is 23.4 Å². The van der Waals surface area contributed by atoms with Gasteiger partial charge in [-0.15, -0.1) is 20.4 Å². The predicted molar refractivity (Wildman–Crippen MR) is 59.0 cm³/mol. The highest BCUT2D eigenvalue weighted by atomic mass is 32.2. The highest BCUT2D eigenvalue weighted by molar-refractivity contribution is 8.00. The minimum absolute atomic E-state index is 0.214. The van der Waals surface area contributed by atoms with Gasteiger partial charge in [-0.25, -0.2) is 4.79 Å². The van der Waals surface area contributed by atoms with E-state index < -0.39 is 5.97 Å². The lowest BCUT2D eigenvalue weighted by molar-refractivity contribution is 0.0525. The summed E-state index contributed by atoms with van der Waals surface area (Å²) in [6.07, 6.45) is 0. The van der Waals surface area contributed by atoms with Gasteiger partial charge in [-0.3, -0.25) is 0 Å². The smallest absolute Gasteiger partial charge is 0.369 e. The summed E-state index contributed by atoms with van der Waals surface area (Å²) in [5.41, 5.74) is 0. The fourth-order valence-corrected chi connectivity index (χ4v) is 2.48. The molecule has 0 radical (unpaired) electrons. The number of esters is 1. The Kier molecular flexibility index (Phi) is 3.69. The van der Waals surface area contributed by atoms with Crippen molar-refractivity contribution < 1.29 is 13.9 Å². The molecular formula is C8H8N4O3S2. The molecule has 9 heteroatoms. The molecule has 0 amide bonds. The first-order valence-electron chi connectivity index (χ1n) is 4.67. The maximum Gasteiger partial charge on any atom is 0.369 e. The lowest BCUT2D eigenvalue weighted by atomic mass is 10.7. The van der Waals surface area contributed by atoms with Crippen LogP contribution in [-0.4, -0.2) is 33.0 Å². The van der Waals surface area contributed by atoms with Crippen molar-refractivity contribution in [3.8, 4) is 0 Å². The van der Waals surface area contributed by atoms with E-state index in [-0.39, 0.29) is 5.01 Å². The van der Waals surface area contributed by atoms with Gasteiger partial charge in [-0.05, 0) is 6.92 Å². The van der Waals surface area contributed by atoms with Gasteiger partial charge in [0.15, 0.2) is 4.34 Å². The SMILES string of the molecule is CCOC(=O)c1nnc(Sc2nnc(C)o2)s1. The molecule has 0 bridgehead atoms. The molecule has 2 heterocycles. The third-order valence-electron chi connectivity index (χ3n) is 1.54. The second-order valence-electron chi connectivity index (χ2n) is 2.78. The van der Waals surface area contributed by atoms with E-state index in [0.717, 1.165) is 23.1 Å². The third-order valence-corrected chi connectivity index (χ3v) is 3.33. The quantitative estimate of drug-likeness (QED) is 0.774. The Labute approximate surface area is 105 Å². The molecule has 2 aromatic rings. The topological polar surface area (TPSA) is 91.0 Å². The molecule has 2 aromatic heterocycles. The van der Waals surface area contributed by atoms with E-state index in [1.54, 1.807) is 13.8 Å². The van der Waals surface area contributed by atoms with Crippen molar-refractivity contribution in [2.24, 2.45) is 0 Å². The Bertz CT molecular complexity index is 524. The number of hydrogen-bond acceptors (Lipinski definition) is 9. The molecule has 0 aliphatic rings. The molecule has 0 aromatic carbocycles. The minimum atomic E-state index is -0.474. The first-order chi connectivity index (χ1) is 8.19. The zero-order valence-corrected chi connectivity index (χ0v) is 10.7. The summed E-state index contributed by atoms with van der Waals surface area (Å²) in [5.74, 6) is 0.00110. The van der Waals surface area contributed by atoms with Gasteiger partial charge in [0, 0.05) is 18.7 Å². The molecule has 0 saturated carbocycles. The monoisotopic (exact) mass is 272 g/mol. The average Bonchev–Trinajstić information content (AvgIpc) is 2.89. The van der Waals surface area contributed by atoms with Gasteiger partial charge in [-0.2, -0.15) is 0 Å². The first-order valence-corrected chi connectivity index (χ1v) is 6.31. The number of aryl methyl sites for hydroxylation is 1. The highest BCUT2D eigenvalue weighted by Gasteiger charge is 2.16. The Morgan fingerprint density at radius 2 is 2.24 bits per heavy atom. The molecule has 0 aliphatic heterocycles. The van der Waals surface area contributed by atoms with Crippen LogP contribution in [0.25, 0.3) is 0 Å². The minimum Gasteiger partial charge on any atom is -0.461 e. The van der Waals surface area contributed by atoms with Crippen LogP contribution in [0.4, 0.5) is 0 Å². The molecule has 0 atom stereocenters. The van der Waals surface area contributed by atoms with Crippen molar-refractivity contribution >= 4 is 29.1 Å². The van der Waals surface area contributed by atoms with Gasteiger partial charge in [0.2, 0.25) is 10.9 Å². The Morgan fingerprint density at radius 1 is 1.41 bits per heavy atom. The van der Waals surface area contributed by atoms with E-state index in [9.17, 15) is 4.79 Å². The second-order valence-corrected chi connectivity index (χ2v) is 4.96. The van der Waals surface area contributed by atoms with E-state index in [2.05, 4.69) is 20.4 Å². The van der Waals surface area contributed by atoms with Crippen LogP contribution in [0.2, 0.25) is 0 Å². The maximum absolute atomic E-state index is 11.3. The molecule has 2 rings (SSSR count). The number of rotatable bonds is 4. The summed E-state index contributed by atoms with van der Waals surface area (Å²) in [6.45, 7) is 3.74. The zero-order chi connectivity index (χ0) is 12.3. The fourth-order valence-electron chi connectivity index (χ4n) is 0.921. The molecule has 0 N–H and O–H groups in total. The molecule has 0 spiro atoms. The Hall–Kier alpha value is -1.48. The summed E-state index contributed by atoms with van der Waals surface area (Å²) in [5, 5.41) is 15.6. The van der Waals surface area contributed by atoms with Crippen molar-refractivity contribution in [1.29, 1.82) is 0 Å². The number of ether oxygens (including phenoxy) is 1. The van der Waals surface area contributed by atoms with Crippen LogP contribution < -0.4 is 0 Å². The first kappa shape index (κ1) is 12.0. The van der Waals surface area contributed by atoms with Crippen LogP contribution in [0, 0.1) is 6.92 Å². The lowest BCUT2D eigenvalue weighted by Crippen LogP contribution is -2.03. The normalized spacial score (nSPS) is 10.5. The molecule has 17 heavy (non-hydrogen) atoms. The van der Waals surface area contributed by atoms with Crippen molar-refractivity contribution in [3.05, 3.63) is 10.9 Å². The van der Waals surface area contributed by atoms with E-state index >= 15 is 0 Å². The number of hydrogen-bond donors (Lipinski definition) is 0. The van der Waals surface area contributed by atoms with Gasteiger partial charge >= 0.3 is 5.97 Å². The number of carbonyl (C=O) groups excluding carboxylic acids is 1. The second kappa shape index (κ2) is 5.23. The van der Waals surface area contributed by atoms with Crippen LogP contribution in [0.3, 0.4) is 0 Å². The zero-order valence-electron chi connectivity index (χ0n) is 9.04. The lowest BCUT2D eigenvalue weighted by Gasteiger charge is -1.94. The van der Waals surface area contributed by atoms with Gasteiger partial charge in [-0.1, -0.05) is 11.3 Å². The summed E-state index contributed by atoms with van der Waals surface area (Å²) >= 11 is 2.29. The van der Waals surface area contributed by atoms with Gasteiger partial charge in [0.25, 0.3) is 5.22 Å². The predicted octanol–water partition coefficient (Wildman–Crippen LogP) is 1.56. The van der Waals surface area contributed by atoms with Gasteiger partial charge in [0.1, 0.15) is 0 Å². The summed E-state index contributed by atoms with van der Waals surface area (Å²) in [4.78, 5) is 11.3. The third kappa shape index (κ3) is 3.01. The van der Waals surface area contributed by atoms with E-state index in [4.69, 9.17) is 9.15 Å². The van der Waals surface area contributed by atoms with Crippen LogP contribution in [0.15, 0.2) is 14.0 Å². The summed E-state index contributed by atoms with van der Waals surface area (Å²) in [6, 6.07) is 0. The number of carbonyl (C=O) groups is 1. The Morgan fingerprint density at radius 3 is 2.88 bits per heavy atom. The number of nitrogens with zero attached hydrogens (tertiary/aromatic N) is 4. The summed E-state index contributed by atoms with van der Waals surface area (Å²) in [7, 11) is 0. The molecule has 0 aliphatic carbocycles. The summed E-state index contributed by atoms with van der Waals surface area (Å²) < 4.78 is 10.5. The van der Waals surface area contributed by atoms with E-state index in [1.165, 1.54) is 0 Å². The molecule has 90 valence electrons. The largest absolute Gasteiger partial charge is 0.461 e. The van der Waals surface area contributed by atoms with E-state index in [0.29, 0.717) is 22.1 Å². The van der Waals surface area contributed by atoms with E-state index in [1.807, 2.05) is 0 Å². The fraction of sp³-hybridized carbons (Fsp3) is 0.375. The van der Waals surface area contributed by atoms with Crippen LogP contribution in [-0.2, 0) is 4.74 Å². The van der Waals surface area contributed by atoms with Gasteiger partial charge < -0.3 is 9.15 Å². The van der Waals surface area contributed by atoms with Crippen molar-refractivity contribution in [1.82, 2.24) is 20.4 Å².